The first-order chi connectivity index (χ1) is 6.68. The number of hydrogen-bond acceptors (Lipinski definition) is 5. The van der Waals surface area contributed by atoms with Gasteiger partial charge < -0.3 is 4.42 Å². The first-order valence-corrected chi connectivity index (χ1v) is 5.48. The second kappa shape index (κ2) is 3.70. The number of carbonyl (C=O) groups excluding carboxylic acids is 1. The topological polar surface area (TPSA) is 46.3 Å². The van der Waals surface area contributed by atoms with Gasteiger partial charge in [-0.25, -0.2) is 4.98 Å². The highest BCUT2D eigenvalue weighted by molar-refractivity contribution is 8.23. The number of carbonyl (C=O) groups is 1. The number of thioether (sulfide) groups is 1. The molecular weight excluding hydrogens is 220 g/mol. The molecule has 1 aliphatic rings. The van der Waals surface area contributed by atoms with Crippen molar-refractivity contribution in [1.82, 2.24) is 9.88 Å². The fourth-order valence-electron chi connectivity index (χ4n) is 1.18. The van der Waals surface area contributed by atoms with Crippen LogP contribution in [0.3, 0.4) is 0 Å². The van der Waals surface area contributed by atoms with Crippen LogP contribution in [0.15, 0.2) is 10.7 Å². The van der Waals surface area contributed by atoms with E-state index in [1.54, 1.807) is 11.8 Å². The Bertz CT molecular complexity index is 388. The predicted molar refractivity (Wildman–Crippen MR) is 57.3 cm³/mol. The molecule has 2 rings (SSSR count). The average molecular weight is 228 g/mol. The minimum Gasteiger partial charge on any atom is -0.448 e. The Hall–Kier alpha value is -0.880. The number of oxazole rings is 1. The normalized spacial score (nSPS) is 16.4. The zero-order chi connectivity index (χ0) is 10.1. The van der Waals surface area contributed by atoms with Crippen LogP contribution in [-0.4, -0.2) is 32.4 Å². The zero-order valence-electron chi connectivity index (χ0n) is 7.52. The van der Waals surface area contributed by atoms with E-state index in [0.29, 0.717) is 22.4 Å². The van der Waals surface area contributed by atoms with Crippen LogP contribution in [0.2, 0.25) is 0 Å². The molecular formula is C8H8N2O2S2. The molecule has 2 heterocycles. The van der Waals surface area contributed by atoms with Gasteiger partial charge in [0.1, 0.15) is 10.6 Å². The van der Waals surface area contributed by atoms with Crippen molar-refractivity contribution in [3.8, 4) is 0 Å². The molecule has 0 bridgehead atoms. The fourth-order valence-corrected chi connectivity index (χ4v) is 2.38. The molecule has 1 saturated heterocycles. The SMILES string of the molecule is Cc1nc(C(=O)N2CCSC2=S)co1. The Balaban J connectivity index is 2.19. The lowest BCUT2D eigenvalue weighted by Gasteiger charge is -2.11. The van der Waals surface area contributed by atoms with Gasteiger partial charge in [-0.3, -0.25) is 9.69 Å². The summed E-state index contributed by atoms with van der Waals surface area (Å²) in [6, 6.07) is 0. The van der Waals surface area contributed by atoms with Crippen LogP contribution in [0, 0.1) is 6.92 Å². The first kappa shape index (κ1) is 9.67. The van der Waals surface area contributed by atoms with E-state index in [1.807, 2.05) is 0 Å². The Kier molecular flexibility index (Phi) is 2.56. The maximum absolute atomic E-state index is 11.8. The van der Waals surface area contributed by atoms with Gasteiger partial charge >= 0.3 is 0 Å². The minimum atomic E-state index is -0.170. The maximum atomic E-state index is 11.8. The summed E-state index contributed by atoms with van der Waals surface area (Å²) in [6.45, 7) is 2.36. The third kappa shape index (κ3) is 1.67. The molecule has 0 N–H and O–H groups in total. The van der Waals surface area contributed by atoms with Crippen molar-refractivity contribution >= 4 is 34.2 Å². The van der Waals surface area contributed by atoms with Crippen molar-refractivity contribution < 1.29 is 9.21 Å². The second-order valence-electron chi connectivity index (χ2n) is 2.82. The highest BCUT2D eigenvalue weighted by Gasteiger charge is 2.26. The van der Waals surface area contributed by atoms with Gasteiger partial charge in [0, 0.05) is 19.2 Å². The van der Waals surface area contributed by atoms with Gasteiger partial charge in [-0.15, -0.1) is 0 Å². The fraction of sp³-hybridized carbons (Fsp3) is 0.375. The summed E-state index contributed by atoms with van der Waals surface area (Å²) >= 11 is 6.55. The number of amides is 1. The maximum Gasteiger partial charge on any atom is 0.281 e. The van der Waals surface area contributed by atoms with E-state index < -0.39 is 0 Å². The summed E-state index contributed by atoms with van der Waals surface area (Å²) in [7, 11) is 0. The van der Waals surface area contributed by atoms with Crippen LogP contribution in [0.25, 0.3) is 0 Å². The molecule has 0 aliphatic carbocycles. The molecule has 0 unspecified atom stereocenters. The third-order valence-electron chi connectivity index (χ3n) is 1.84. The van der Waals surface area contributed by atoms with E-state index in [4.69, 9.17) is 16.6 Å². The highest BCUT2D eigenvalue weighted by Crippen LogP contribution is 2.20. The van der Waals surface area contributed by atoms with Crippen molar-refractivity contribution in [2.45, 2.75) is 6.92 Å². The van der Waals surface area contributed by atoms with E-state index in [-0.39, 0.29) is 5.91 Å². The molecule has 1 amide bonds. The van der Waals surface area contributed by atoms with Gasteiger partial charge in [-0.1, -0.05) is 24.0 Å². The monoisotopic (exact) mass is 228 g/mol. The van der Waals surface area contributed by atoms with Crippen molar-refractivity contribution in [3.05, 3.63) is 17.8 Å². The van der Waals surface area contributed by atoms with E-state index in [0.717, 1.165) is 5.75 Å². The summed E-state index contributed by atoms with van der Waals surface area (Å²) in [4.78, 5) is 17.3. The molecule has 1 aromatic heterocycles. The number of aromatic nitrogens is 1. The van der Waals surface area contributed by atoms with Gasteiger partial charge in [0.2, 0.25) is 0 Å². The van der Waals surface area contributed by atoms with E-state index >= 15 is 0 Å². The molecule has 14 heavy (non-hydrogen) atoms. The minimum absolute atomic E-state index is 0.170. The van der Waals surface area contributed by atoms with Gasteiger partial charge in [-0.2, -0.15) is 0 Å². The van der Waals surface area contributed by atoms with Crippen molar-refractivity contribution in [2.24, 2.45) is 0 Å². The lowest BCUT2D eigenvalue weighted by atomic mass is 10.4. The van der Waals surface area contributed by atoms with E-state index in [1.165, 1.54) is 18.0 Å². The molecule has 74 valence electrons. The molecule has 1 fully saturated rings. The van der Waals surface area contributed by atoms with Gasteiger partial charge in [0.05, 0.1) is 0 Å². The number of hydrogen-bond donors (Lipinski definition) is 0. The Morgan fingerprint density at radius 2 is 2.57 bits per heavy atom. The molecule has 0 atom stereocenters. The molecule has 0 saturated carbocycles. The summed E-state index contributed by atoms with van der Waals surface area (Å²) in [5, 5.41) is 0. The number of aryl methyl sites for hydroxylation is 1. The first-order valence-electron chi connectivity index (χ1n) is 4.09. The lowest BCUT2D eigenvalue weighted by molar-refractivity contribution is 0.0856. The van der Waals surface area contributed by atoms with Gasteiger partial charge in [0.15, 0.2) is 11.6 Å². The summed E-state index contributed by atoms with van der Waals surface area (Å²) in [5.74, 6) is 1.18. The largest absolute Gasteiger partial charge is 0.448 e. The summed E-state index contributed by atoms with van der Waals surface area (Å²) in [5.41, 5.74) is 0.326. The molecule has 0 radical (unpaired) electrons. The predicted octanol–water partition coefficient (Wildman–Crippen LogP) is 1.46. The lowest BCUT2D eigenvalue weighted by Crippen LogP contribution is -2.30. The van der Waals surface area contributed by atoms with Crippen LogP contribution in [0.5, 0.6) is 0 Å². The van der Waals surface area contributed by atoms with Gasteiger partial charge in [-0.05, 0) is 0 Å². The van der Waals surface area contributed by atoms with Crippen LogP contribution < -0.4 is 0 Å². The van der Waals surface area contributed by atoms with Crippen LogP contribution in [-0.2, 0) is 0 Å². The molecule has 0 spiro atoms. The highest BCUT2D eigenvalue weighted by atomic mass is 32.2. The van der Waals surface area contributed by atoms with Crippen LogP contribution in [0.1, 0.15) is 16.4 Å². The summed E-state index contributed by atoms with van der Waals surface area (Å²) in [6.07, 6.45) is 1.36. The quantitative estimate of drug-likeness (QED) is 0.681. The molecule has 6 heteroatoms. The molecule has 1 aromatic rings. The molecule has 4 nitrogen and oxygen atoms in total. The molecule has 1 aliphatic heterocycles. The Morgan fingerprint density at radius 1 is 1.79 bits per heavy atom. The van der Waals surface area contributed by atoms with Crippen molar-refractivity contribution in [2.75, 3.05) is 12.3 Å². The van der Waals surface area contributed by atoms with Crippen LogP contribution >= 0.6 is 24.0 Å². The Morgan fingerprint density at radius 3 is 3.07 bits per heavy atom. The molecule has 0 aromatic carbocycles. The van der Waals surface area contributed by atoms with E-state index in [9.17, 15) is 4.79 Å². The van der Waals surface area contributed by atoms with E-state index in [2.05, 4.69) is 4.98 Å². The number of thiocarbonyl (C=S) groups is 1. The number of rotatable bonds is 1. The summed E-state index contributed by atoms with van der Waals surface area (Å²) < 4.78 is 5.59. The van der Waals surface area contributed by atoms with Crippen LogP contribution in [0.4, 0.5) is 0 Å². The van der Waals surface area contributed by atoms with Gasteiger partial charge in [0.25, 0.3) is 5.91 Å². The zero-order valence-corrected chi connectivity index (χ0v) is 9.15. The van der Waals surface area contributed by atoms with Crippen molar-refractivity contribution in [3.63, 3.8) is 0 Å². The third-order valence-corrected chi connectivity index (χ3v) is 3.27. The standard InChI is InChI=1S/C8H8N2O2S2/c1-5-9-6(4-12-5)7(11)10-2-3-14-8(10)13/h4H,2-3H2,1H3. The second-order valence-corrected chi connectivity index (χ2v) is 4.55. The Labute approximate surface area is 90.7 Å². The smallest absolute Gasteiger partial charge is 0.281 e. The average Bonchev–Trinajstić information content (AvgIpc) is 2.73. The van der Waals surface area contributed by atoms with Crippen molar-refractivity contribution in [1.29, 1.82) is 0 Å². The number of nitrogens with zero attached hydrogens (tertiary/aromatic N) is 2.